The first-order valence-electron chi connectivity index (χ1n) is 5.99. The SMILES string of the molecule is O=C(N/N=C\c1ccccc1C(=O)O)c1cccc(I)c1. The standard InChI is InChI=1S/C15H11IN2O3/c16-12-6-3-5-10(8-12)14(19)18-17-9-11-4-1-2-7-13(11)15(20)21/h1-9H,(H,18,19)(H,20,21)/b17-9-. The Kier molecular flexibility index (Phi) is 5.04. The van der Waals surface area contributed by atoms with E-state index in [1.54, 1.807) is 36.4 Å². The number of hydrogen-bond donors (Lipinski definition) is 2. The van der Waals surface area contributed by atoms with E-state index in [4.69, 9.17) is 5.11 Å². The van der Waals surface area contributed by atoms with Crippen LogP contribution in [-0.4, -0.2) is 23.2 Å². The molecule has 2 rings (SSSR count). The zero-order valence-electron chi connectivity index (χ0n) is 10.8. The van der Waals surface area contributed by atoms with Gasteiger partial charge in [0.25, 0.3) is 5.91 Å². The van der Waals surface area contributed by atoms with Gasteiger partial charge >= 0.3 is 5.97 Å². The third-order valence-electron chi connectivity index (χ3n) is 2.65. The number of nitrogens with one attached hydrogen (secondary N) is 1. The lowest BCUT2D eigenvalue weighted by Crippen LogP contribution is -2.17. The van der Waals surface area contributed by atoms with Gasteiger partial charge in [-0.2, -0.15) is 5.10 Å². The number of aromatic carboxylic acids is 1. The molecule has 0 aliphatic rings. The van der Waals surface area contributed by atoms with Crippen molar-refractivity contribution < 1.29 is 14.7 Å². The van der Waals surface area contributed by atoms with Gasteiger partial charge in [-0.15, -0.1) is 0 Å². The lowest BCUT2D eigenvalue weighted by molar-refractivity contribution is 0.0696. The van der Waals surface area contributed by atoms with Gasteiger partial charge in [0.1, 0.15) is 0 Å². The molecule has 5 nitrogen and oxygen atoms in total. The van der Waals surface area contributed by atoms with Crippen molar-refractivity contribution >= 4 is 40.7 Å². The van der Waals surface area contributed by atoms with Crippen LogP contribution < -0.4 is 5.43 Å². The number of nitrogens with zero attached hydrogens (tertiary/aromatic N) is 1. The molecule has 2 aromatic rings. The Balaban J connectivity index is 2.09. The lowest BCUT2D eigenvalue weighted by atomic mass is 10.1. The Morgan fingerprint density at radius 2 is 1.90 bits per heavy atom. The number of carbonyl (C=O) groups excluding carboxylic acids is 1. The van der Waals surface area contributed by atoms with Crippen molar-refractivity contribution in [3.63, 3.8) is 0 Å². The second kappa shape index (κ2) is 6.98. The summed E-state index contributed by atoms with van der Waals surface area (Å²) in [6.07, 6.45) is 1.31. The van der Waals surface area contributed by atoms with Crippen LogP contribution in [0.4, 0.5) is 0 Å². The highest BCUT2D eigenvalue weighted by molar-refractivity contribution is 14.1. The first kappa shape index (κ1) is 15.2. The summed E-state index contributed by atoms with van der Waals surface area (Å²) >= 11 is 2.11. The van der Waals surface area contributed by atoms with E-state index >= 15 is 0 Å². The zero-order valence-corrected chi connectivity index (χ0v) is 12.9. The molecule has 0 saturated heterocycles. The zero-order chi connectivity index (χ0) is 15.2. The Morgan fingerprint density at radius 1 is 1.14 bits per heavy atom. The number of benzene rings is 2. The van der Waals surface area contributed by atoms with Gasteiger partial charge in [0, 0.05) is 14.7 Å². The first-order valence-corrected chi connectivity index (χ1v) is 7.07. The average molecular weight is 394 g/mol. The van der Waals surface area contributed by atoms with Gasteiger partial charge in [0.05, 0.1) is 11.8 Å². The average Bonchev–Trinajstić information content (AvgIpc) is 2.47. The van der Waals surface area contributed by atoms with Crippen molar-refractivity contribution in [3.8, 4) is 0 Å². The summed E-state index contributed by atoms with van der Waals surface area (Å²) in [5, 5.41) is 12.8. The largest absolute Gasteiger partial charge is 0.478 e. The summed E-state index contributed by atoms with van der Waals surface area (Å²) in [4.78, 5) is 22.9. The van der Waals surface area contributed by atoms with Gasteiger partial charge in [0.15, 0.2) is 0 Å². The van der Waals surface area contributed by atoms with Crippen molar-refractivity contribution in [2.24, 2.45) is 5.10 Å². The molecule has 0 aliphatic carbocycles. The molecule has 0 unspecified atom stereocenters. The van der Waals surface area contributed by atoms with E-state index in [1.807, 2.05) is 6.07 Å². The van der Waals surface area contributed by atoms with Crippen LogP contribution in [0.1, 0.15) is 26.3 Å². The van der Waals surface area contributed by atoms with Gasteiger partial charge < -0.3 is 5.11 Å². The molecular weight excluding hydrogens is 383 g/mol. The number of hydrazone groups is 1. The monoisotopic (exact) mass is 394 g/mol. The van der Waals surface area contributed by atoms with Crippen molar-refractivity contribution in [2.75, 3.05) is 0 Å². The number of hydrogen-bond acceptors (Lipinski definition) is 3. The highest BCUT2D eigenvalue weighted by atomic mass is 127. The molecule has 0 bridgehead atoms. The second-order valence-electron chi connectivity index (χ2n) is 4.10. The minimum absolute atomic E-state index is 0.129. The fourth-order valence-corrected chi connectivity index (χ4v) is 2.20. The Hall–Kier alpha value is -2.22. The van der Waals surface area contributed by atoms with E-state index in [0.717, 1.165) is 3.57 Å². The Labute approximate surface area is 134 Å². The molecule has 0 spiro atoms. The van der Waals surface area contributed by atoms with Crippen LogP contribution in [0.5, 0.6) is 0 Å². The lowest BCUT2D eigenvalue weighted by Gasteiger charge is -2.01. The summed E-state index contributed by atoms with van der Waals surface area (Å²) in [6.45, 7) is 0. The molecule has 2 N–H and O–H groups in total. The summed E-state index contributed by atoms with van der Waals surface area (Å²) in [6, 6.07) is 13.5. The molecule has 0 radical (unpaired) electrons. The third-order valence-corrected chi connectivity index (χ3v) is 3.32. The topological polar surface area (TPSA) is 78.8 Å². The molecule has 0 heterocycles. The molecular formula is C15H11IN2O3. The quantitative estimate of drug-likeness (QED) is 0.476. The molecule has 106 valence electrons. The van der Waals surface area contributed by atoms with E-state index < -0.39 is 5.97 Å². The molecule has 2 aromatic carbocycles. The molecule has 6 heteroatoms. The summed E-state index contributed by atoms with van der Waals surface area (Å²) in [7, 11) is 0. The van der Waals surface area contributed by atoms with Gasteiger partial charge in [-0.05, 0) is 46.9 Å². The summed E-state index contributed by atoms with van der Waals surface area (Å²) in [5.74, 6) is -1.39. The van der Waals surface area contributed by atoms with Crippen molar-refractivity contribution in [2.45, 2.75) is 0 Å². The maximum atomic E-state index is 11.9. The van der Waals surface area contributed by atoms with Crippen molar-refractivity contribution in [1.29, 1.82) is 0 Å². The Bertz CT molecular complexity index is 714. The predicted molar refractivity (Wildman–Crippen MR) is 87.6 cm³/mol. The number of carboxylic acids is 1. The number of rotatable bonds is 4. The molecule has 21 heavy (non-hydrogen) atoms. The highest BCUT2D eigenvalue weighted by Gasteiger charge is 2.07. The van der Waals surface area contributed by atoms with Gasteiger partial charge in [-0.1, -0.05) is 24.3 Å². The second-order valence-corrected chi connectivity index (χ2v) is 5.35. The molecule has 0 aromatic heterocycles. The van der Waals surface area contributed by atoms with E-state index in [0.29, 0.717) is 11.1 Å². The highest BCUT2D eigenvalue weighted by Crippen LogP contribution is 2.08. The molecule has 0 aliphatic heterocycles. The van der Waals surface area contributed by atoms with Crippen LogP contribution in [-0.2, 0) is 0 Å². The Morgan fingerprint density at radius 3 is 2.62 bits per heavy atom. The summed E-state index contributed by atoms with van der Waals surface area (Å²) < 4.78 is 0.945. The first-order chi connectivity index (χ1) is 10.1. The van der Waals surface area contributed by atoms with E-state index in [9.17, 15) is 9.59 Å². The smallest absolute Gasteiger partial charge is 0.336 e. The normalized spacial score (nSPS) is 10.5. The van der Waals surface area contributed by atoms with Crippen molar-refractivity contribution in [3.05, 3.63) is 68.8 Å². The minimum Gasteiger partial charge on any atom is -0.478 e. The van der Waals surface area contributed by atoms with E-state index in [1.165, 1.54) is 12.3 Å². The minimum atomic E-state index is -1.04. The van der Waals surface area contributed by atoms with Gasteiger partial charge in [-0.3, -0.25) is 4.79 Å². The molecule has 1 amide bonds. The van der Waals surface area contributed by atoms with Gasteiger partial charge in [-0.25, -0.2) is 10.2 Å². The van der Waals surface area contributed by atoms with Crippen LogP contribution in [0, 0.1) is 3.57 Å². The maximum absolute atomic E-state index is 11.9. The van der Waals surface area contributed by atoms with Crippen LogP contribution >= 0.6 is 22.6 Å². The number of carboxylic acid groups (broad SMARTS) is 1. The molecule has 0 fully saturated rings. The third kappa shape index (κ3) is 4.12. The van der Waals surface area contributed by atoms with E-state index in [-0.39, 0.29) is 11.5 Å². The van der Waals surface area contributed by atoms with E-state index in [2.05, 4.69) is 33.1 Å². The number of carbonyl (C=O) groups is 2. The van der Waals surface area contributed by atoms with Crippen LogP contribution in [0.2, 0.25) is 0 Å². The molecule has 0 saturated carbocycles. The van der Waals surface area contributed by atoms with Crippen molar-refractivity contribution in [1.82, 2.24) is 5.43 Å². The van der Waals surface area contributed by atoms with Crippen LogP contribution in [0.15, 0.2) is 53.6 Å². The fourth-order valence-electron chi connectivity index (χ4n) is 1.66. The fraction of sp³-hybridized carbons (Fsp3) is 0. The number of halogens is 1. The predicted octanol–water partition coefficient (Wildman–Crippen LogP) is 2.75. The summed E-state index contributed by atoms with van der Waals surface area (Å²) in [5.41, 5.74) is 3.42. The number of amides is 1. The van der Waals surface area contributed by atoms with Crippen LogP contribution in [0.25, 0.3) is 0 Å². The van der Waals surface area contributed by atoms with Crippen LogP contribution in [0.3, 0.4) is 0 Å². The maximum Gasteiger partial charge on any atom is 0.336 e. The molecule has 0 atom stereocenters. The van der Waals surface area contributed by atoms with Gasteiger partial charge in [0.2, 0.25) is 0 Å².